The Labute approximate surface area is 681 Å². The van der Waals surface area contributed by atoms with Crippen LogP contribution in [0.1, 0.15) is 124 Å². The molecule has 5 aromatic heterocycles. The maximum absolute atomic E-state index is 14.8. The Kier molecular flexibility index (Phi) is 37.0. The third-order valence-corrected chi connectivity index (χ3v) is 19.8. The van der Waals surface area contributed by atoms with Gasteiger partial charge in [0.25, 0.3) is 17.7 Å². The number of carbonyl (C=O) groups is 14. The van der Waals surface area contributed by atoms with Gasteiger partial charge in [-0.3, -0.25) is 97.4 Å². The van der Waals surface area contributed by atoms with E-state index in [1.54, 1.807) is 97.6 Å². The van der Waals surface area contributed by atoms with Crippen molar-refractivity contribution >= 4 is 99.6 Å². The molecule has 0 saturated carbocycles. The number of phenolic OH excluding ortho intramolecular Hbond substituents is 1. The first kappa shape index (κ1) is 93.3. The summed E-state index contributed by atoms with van der Waals surface area (Å²) in [6, 6.07) is 10.3. The molecular weight excluding hydrogens is 1550 g/mol. The minimum absolute atomic E-state index is 0.0151. The highest BCUT2D eigenvalue weighted by Crippen LogP contribution is 2.31. The number of aromatic nitrogens is 7. The van der Waals surface area contributed by atoms with Gasteiger partial charge in [0.2, 0.25) is 23.6 Å². The molecular formula is C76H100N24O17S. The molecule has 1 saturated heterocycles. The first-order chi connectivity index (χ1) is 56.3. The number of benzene rings is 1. The van der Waals surface area contributed by atoms with Crippen molar-refractivity contribution in [3.8, 4) is 5.75 Å². The van der Waals surface area contributed by atoms with E-state index >= 15 is 0 Å². The van der Waals surface area contributed by atoms with Crippen LogP contribution in [0, 0.1) is 5.41 Å². The van der Waals surface area contributed by atoms with Crippen molar-refractivity contribution in [3.05, 3.63) is 161 Å². The highest BCUT2D eigenvalue weighted by atomic mass is 32.2. The summed E-state index contributed by atoms with van der Waals surface area (Å²) < 4.78 is 12.9. The quantitative estimate of drug-likeness (QED) is 0.00742. The highest BCUT2D eigenvalue weighted by molar-refractivity contribution is 8.00. The number of Topliss-reactive ketones (excluding diaryl/α,β-unsaturated/α-hetero) is 7. The molecule has 0 aliphatic carbocycles. The van der Waals surface area contributed by atoms with Gasteiger partial charge in [0.15, 0.2) is 46.4 Å². The zero-order valence-corrected chi connectivity index (χ0v) is 65.5. The number of phenols is 1. The van der Waals surface area contributed by atoms with Gasteiger partial charge in [0.1, 0.15) is 17.5 Å². The lowest BCUT2D eigenvalue weighted by Gasteiger charge is -2.25. The summed E-state index contributed by atoms with van der Waals surface area (Å²) >= 11 is 0.954. The zero-order chi connectivity index (χ0) is 86.1. The van der Waals surface area contributed by atoms with Gasteiger partial charge in [-0.15, -0.1) is 16.9 Å². The van der Waals surface area contributed by atoms with Crippen LogP contribution in [-0.2, 0) is 101 Å². The Hall–Kier alpha value is -11.8. The van der Waals surface area contributed by atoms with Crippen molar-refractivity contribution in [1.82, 2.24) is 65.6 Å². The molecule has 42 heteroatoms. The second-order valence-corrected chi connectivity index (χ2v) is 29.1. The number of ketones is 7. The number of nitrogens with one attached hydrogen (secondary N) is 4. The highest BCUT2D eigenvalue weighted by Gasteiger charge is 2.41. The van der Waals surface area contributed by atoms with Crippen LogP contribution in [0.15, 0.2) is 116 Å². The second-order valence-electron chi connectivity index (χ2n) is 27.8. The fourth-order valence-electron chi connectivity index (χ4n) is 11.8. The Morgan fingerprint density at radius 2 is 0.941 bits per heavy atom. The number of aromatic hydroxyl groups is 1. The number of imide groups is 1. The molecule has 1 aliphatic rings. The molecule has 632 valence electrons. The van der Waals surface area contributed by atoms with Crippen LogP contribution in [0.5, 0.6) is 5.75 Å². The van der Waals surface area contributed by atoms with E-state index in [-0.39, 0.29) is 132 Å². The first-order valence-corrected chi connectivity index (χ1v) is 38.6. The monoisotopic (exact) mass is 1650 g/mol. The minimum Gasteiger partial charge on any atom is -0.506 e. The number of guanidine groups is 1. The number of thioether (sulfide) groups is 1. The van der Waals surface area contributed by atoms with Crippen LogP contribution < -0.4 is 73.3 Å². The van der Waals surface area contributed by atoms with E-state index in [0.29, 0.717) is 22.8 Å². The van der Waals surface area contributed by atoms with Crippen molar-refractivity contribution in [3.63, 3.8) is 0 Å². The number of likely N-dealkylation sites (tertiary alicyclic amines) is 1. The Balaban J connectivity index is 0.787. The number of primary amides is 1. The number of hydrogen-bond donors (Lipinski definition) is 15. The lowest BCUT2D eigenvalue weighted by Crippen LogP contribution is -2.52. The van der Waals surface area contributed by atoms with Gasteiger partial charge >= 0.3 is 0 Å². The maximum atomic E-state index is 14.8. The van der Waals surface area contributed by atoms with Gasteiger partial charge in [0.05, 0.1) is 159 Å². The molecule has 0 bridgehead atoms. The number of nitrogens with zero attached hydrogens (tertiary/aromatic N) is 10. The van der Waals surface area contributed by atoms with Crippen molar-refractivity contribution in [1.29, 1.82) is 5.41 Å². The van der Waals surface area contributed by atoms with Crippen LogP contribution in [0.4, 0.5) is 0 Å². The predicted molar refractivity (Wildman–Crippen MR) is 424 cm³/mol. The fraction of sp³-hybridized carbons (Fsp3) is 0.434. The van der Waals surface area contributed by atoms with Gasteiger partial charge < -0.3 is 97.7 Å². The molecule has 0 spiro atoms. The summed E-state index contributed by atoms with van der Waals surface area (Å²) in [5, 5.41) is 34.1. The molecule has 6 heterocycles. The molecule has 6 aromatic rings. The molecule has 10 unspecified atom stereocenters. The fourth-order valence-corrected chi connectivity index (χ4v) is 12.9. The summed E-state index contributed by atoms with van der Waals surface area (Å²) in [7, 11) is 0. The van der Waals surface area contributed by atoms with Gasteiger partial charge in [0, 0.05) is 101 Å². The van der Waals surface area contributed by atoms with E-state index in [9.17, 15) is 72.2 Å². The standard InChI is InChI=1S/C76H100N24O17S/c77-51(61(102)30-53(79)63(104)32-55(81)65(106)34-57(83)72(112)94-59(70(85)110)14-9-19-93-76(86)87)28-60(101)52(78)29-62(103)54(80)31-64(105)56(82)33-66(107)58(84)42-118-67-35-68(108)100(75(67)115)41-48-40-99(96-95-48)21-23-117-25-24-116-22-20-92-71(111)43-26-49(73(113)97(36-44-10-1-5-15-88-44)37-45-11-2-6-16-89-45)69(109)50(27-43)74(114)98(38-46-12-3-7-17-90-46)39-47-13-4-8-18-91-47/h1-8,10-13,15-18,26-27,40,51-59,67,109H,9,14,19-25,28-39,41-42,77-84H2,(H2,85,110)(H,92,111)(H,94,112)(H4,86,87,93). The first-order valence-electron chi connectivity index (χ1n) is 37.5. The molecule has 7 amide bonds. The number of hydrogen-bond acceptors (Lipinski definition) is 33. The van der Waals surface area contributed by atoms with Gasteiger partial charge in [-0.25, -0.2) is 4.68 Å². The van der Waals surface area contributed by atoms with Crippen LogP contribution in [0.3, 0.4) is 0 Å². The largest absolute Gasteiger partial charge is 0.506 e. The number of pyridine rings is 4. The third-order valence-electron chi connectivity index (χ3n) is 18.5. The Bertz CT molecular complexity index is 4300. The van der Waals surface area contributed by atoms with Crippen molar-refractivity contribution in [2.24, 2.45) is 57.3 Å². The summed E-state index contributed by atoms with van der Waals surface area (Å²) in [6.07, 6.45) is 3.32. The Morgan fingerprint density at radius 1 is 0.534 bits per heavy atom. The van der Waals surface area contributed by atoms with E-state index in [1.165, 1.54) is 32.8 Å². The number of nitrogens with two attached hydrogens (primary N) is 10. The number of ether oxygens (including phenoxy) is 2. The van der Waals surface area contributed by atoms with Gasteiger partial charge in [-0.2, -0.15) is 0 Å². The number of amides is 7. The van der Waals surface area contributed by atoms with Crippen molar-refractivity contribution in [2.75, 3.05) is 45.3 Å². The zero-order valence-electron chi connectivity index (χ0n) is 64.6. The molecule has 1 aromatic carbocycles. The SMILES string of the molecule is N=C(N)NCCCC(NC(=O)C(N)CC(=O)C(N)CC(=O)C(N)CC(=O)C(N)CC(=O)C(N)CC(=O)C(N)CC(=O)C(N)CC(=O)C(N)CSC1CC(=O)N(Cc2cn(CCOCCOCCNC(=O)c3cc(C(=O)N(Cc4ccccn4)Cc4ccccn4)c(O)c(C(=O)N(Cc4ccccn4)Cc4ccccn4)c3)nn2)C1=O)C(N)=O. The van der Waals surface area contributed by atoms with E-state index in [4.69, 9.17) is 72.2 Å². The number of carbonyl (C=O) groups excluding carboxylic acids is 14. The minimum atomic E-state index is -1.54. The average molecular weight is 1650 g/mol. The Morgan fingerprint density at radius 3 is 1.34 bits per heavy atom. The molecule has 118 heavy (non-hydrogen) atoms. The summed E-state index contributed by atoms with van der Waals surface area (Å²) in [5.74, 6) is -11.8. The summed E-state index contributed by atoms with van der Waals surface area (Å²) in [4.78, 5) is 207. The van der Waals surface area contributed by atoms with Crippen LogP contribution >= 0.6 is 11.8 Å². The maximum Gasteiger partial charge on any atom is 0.258 e. The van der Waals surface area contributed by atoms with E-state index in [0.717, 1.165) is 16.7 Å². The van der Waals surface area contributed by atoms with E-state index < -0.39 is 192 Å². The molecule has 1 fully saturated rings. The van der Waals surface area contributed by atoms with Crippen LogP contribution in [0.2, 0.25) is 0 Å². The van der Waals surface area contributed by atoms with Crippen LogP contribution in [-0.4, -0.2) is 247 Å². The smallest absolute Gasteiger partial charge is 0.258 e. The lowest BCUT2D eigenvalue weighted by atomic mass is 9.91. The molecule has 0 radical (unpaired) electrons. The van der Waals surface area contributed by atoms with Gasteiger partial charge in [-0.1, -0.05) is 29.5 Å². The molecule has 25 N–H and O–H groups in total. The molecule has 41 nitrogen and oxygen atoms in total. The normalized spacial score (nSPS) is 14.9. The molecule has 1 aliphatic heterocycles. The van der Waals surface area contributed by atoms with Crippen molar-refractivity contribution < 1.29 is 81.7 Å². The summed E-state index contributed by atoms with van der Waals surface area (Å²) in [6.45, 7) is 0.516. The third kappa shape index (κ3) is 29.7. The van der Waals surface area contributed by atoms with Crippen molar-refractivity contribution in [2.45, 2.75) is 163 Å². The van der Waals surface area contributed by atoms with E-state index in [1.807, 2.05) is 0 Å². The topological polar surface area (TPSA) is 690 Å². The van der Waals surface area contributed by atoms with Gasteiger partial charge in [-0.05, 0) is 73.5 Å². The molecule has 7 rings (SSSR count). The van der Waals surface area contributed by atoms with Crippen LogP contribution in [0.25, 0.3) is 0 Å². The second kappa shape index (κ2) is 46.8. The predicted octanol–water partition coefficient (Wildman–Crippen LogP) is -4.36. The number of rotatable bonds is 53. The average Bonchev–Trinajstić information content (AvgIpc) is 0.951. The molecule has 10 atom stereocenters. The lowest BCUT2D eigenvalue weighted by molar-refractivity contribution is -0.139. The van der Waals surface area contributed by atoms with E-state index in [2.05, 4.69) is 46.2 Å². The summed E-state index contributed by atoms with van der Waals surface area (Å²) in [5.41, 5.74) is 59.9.